The van der Waals surface area contributed by atoms with E-state index in [1.807, 2.05) is 18.2 Å². The van der Waals surface area contributed by atoms with Crippen LogP contribution in [0, 0.1) is 5.82 Å². The highest BCUT2D eigenvalue weighted by Crippen LogP contribution is 2.24. The molecular weight excluding hydrogens is 343 g/mol. The van der Waals surface area contributed by atoms with Crippen LogP contribution in [0.3, 0.4) is 0 Å². The third-order valence-electron chi connectivity index (χ3n) is 3.47. The molecule has 0 aliphatic carbocycles. The van der Waals surface area contributed by atoms with Crippen LogP contribution in [0.15, 0.2) is 58.3 Å². The van der Waals surface area contributed by atoms with Gasteiger partial charge in [0.15, 0.2) is 17.9 Å². The first-order valence-electron chi connectivity index (χ1n) is 7.42. The van der Waals surface area contributed by atoms with Gasteiger partial charge in [-0.25, -0.2) is 19.2 Å². The van der Waals surface area contributed by atoms with Gasteiger partial charge in [-0.15, -0.1) is 11.3 Å². The van der Waals surface area contributed by atoms with E-state index in [4.69, 9.17) is 9.15 Å². The summed E-state index contributed by atoms with van der Waals surface area (Å²) in [5, 5.41) is 2.22. The number of hydrogen-bond acceptors (Lipinski definition) is 6. The predicted octanol–water partition coefficient (Wildman–Crippen LogP) is 4.45. The van der Waals surface area contributed by atoms with E-state index in [1.165, 1.54) is 23.5 Å². The molecule has 2 aromatic heterocycles. The number of ether oxygens (including phenoxy) is 1. The molecule has 124 valence electrons. The number of aromatic nitrogens is 2. The second-order valence-corrected chi connectivity index (χ2v) is 6.05. The van der Waals surface area contributed by atoms with E-state index >= 15 is 0 Å². The maximum atomic E-state index is 13.0. The molecule has 0 fully saturated rings. The number of halogens is 1. The fourth-order valence-electron chi connectivity index (χ4n) is 2.28. The summed E-state index contributed by atoms with van der Waals surface area (Å²) >= 11 is 1.29. The first kappa shape index (κ1) is 15.5. The molecule has 2 heterocycles. The van der Waals surface area contributed by atoms with E-state index in [0.717, 1.165) is 5.56 Å². The van der Waals surface area contributed by atoms with Crippen molar-refractivity contribution in [1.82, 2.24) is 9.97 Å². The fourth-order valence-corrected chi connectivity index (χ4v) is 3.07. The number of carbonyl (C=O) groups excluding carboxylic acids is 1. The highest BCUT2D eigenvalue weighted by Gasteiger charge is 2.15. The van der Waals surface area contributed by atoms with Crippen molar-refractivity contribution >= 4 is 28.4 Å². The highest BCUT2D eigenvalue weighted by atomic mass is 32.1. The Morgan fingerprint density at radius 3 is 2.72 bits per heavy atom. The van der Waals surface area contributed by atoms with Gasteiger partial charge in [-0.1, -0.05) is 12.1 Å². The van der Waals surface area contributed by atoms with Crippen LogP contribution in [0.5, 0.6) is 0 Å². The van der Waals surface area contributed by atoms with Gasteiger partial charge in [0.1, 0.15) is 16.3 Å². The van der Waals surface area contributed by atoms with E-state index in [9.17, 15) is 9.18 Å². The maximum absolute atomic E-state index is 13.0. The second kappa shape index (κ2) is 6.45. The minimum absolute atomic E-state index is 0.0725. The molecule has 25 heavy (non-hydrogen) atoms. The van der Waals surface area contributed by atoms with Crippen molar-refractivity contribution in [2.75, 3.05) is 0 Å². The molecule has 0 unspecified atom stereocenters. The number of fused-ring (bicyclic) bond motifs is 1. The fraction of sp³-hybridized carbons (Fsp3) is 0.0556. The molecule has 7 heteroatoms. The Kier molecular flexibility index (Phi) is 3.99. The minimum atomic E-state index is -0.563. The average Bonchev–Trinajstić information content (AvgIpc) is 3.27. The van der Waals surface area contributed by atoms with Crippen LogP contribution in [0.25, 0.3) is 21.7 Å². The average molecular weight is 354 g/mol. The van der Waals surface area contributed by atoms with Crippen molar-refractivity contribution in [1.29, 1.82) is 0 Å². The zero-order valence-corrected chi connectivity index (χ0v) is 13.6. The van der Waals surface area contributed by atoms with Crippen molar-refractivity contribution in [2.24, 2.45) is 0 Å². The number of oxazole rings is 1. The van der Waals surface area contributed by atoms with E-state index in [1.54, 1.807) is 23.6 Å². The summed E-state index contributed by atoms with van der Waals surface area (Å²) in [6, 6.07) is 13.2. The first-order chi connectivity index (χ1) is 12.2. The lowest BCUT2D eigenvalue weighted by Gasteiger charge is -1.99. The molecule has 0 spiro atoms. The van der Waals surface area contributed by atoms with Crippen molar-refractivity contribution in [2.45, 2.75) is 6.61 Å². The van der Waals surface area contributed by atoms with Crippen LogP contribution in [0.1, 0.15) is 16.4 Å². The zero-order valence-electron chi connectivity index (χ0n) is 12.8. The molecule has 0 aliphatic rings. The van der Waals surface area contributed by atoms with Crippen LogP contribution in [-0.2, 0) is 11.3 Å². The predicted molar refractivity (Wildman–Crippen MR) is 90.6 cm³/mol. The van der Waals surface area contributed by atoms with Crippen molar-refractivity contribution in [3.63, 3.8) is 0 Å². The Balaban J connectivity index is 1.45. The Labute approximate surface area is 145 Å². The molecule has 0 atom stereocenters. The zero-order chi connectivity index (χ0) is 17.2. The van der Waals surface area contributed by atoms with Crippen LogP contribution < -0.4 is 0 Å². The summed E-state index contributed by atoms with van der Waals surface area (Å²) < 4.78 is 23.7. The summed E-state index contributed by atoms with van der Waals surface area (Å²) in [6.07, 6.45) is 0. The number of hydrogen-bond donors (Lipinski definition) is 0. The van der Waals surface area contributed by atoms with Crippen molar-refractivity contribution in [3.05, 3.63) is 71.3 Å². The molecule has 0 bridgehead atoms. The standard InChI is InChI=1S/C18H11FN2O3S/c19-12-7-5-11(6-8-12)17-21-14(10-25-17)18(22)23-9-16-20-13-3-1-2-4-15(13)24-16/h1-8,10H,9H2. The summed E-state index contributed by atoms with van der Waals surface area (Å²) in [5.41, 5.74) is 2.28. The number of esters is 1. The molecular formula is C18H11FN2O3S. The number of thiazole rings is 1. The molecule has 0 aliphatic heterocycles. The molecule has 0 saturated carbocycles. The van der Waals surface area contributed by atoms with E-state index in [0.29, 0.717) is 22.0 Å². The van der Waals surface area contributed by atoms with Gasteiger partial charge in [-0.05, 0) is 36.4 Å². The number of carbonyl (C=O) groups is 1. The Hall–Kier alpha value is -3.06. The van der Waals surface area contributed by atoms with Crippen LogP contribution in [0.4, 0.5) is 4.39 Å². The normalized spacial score (nSPS) is 10.9. The largest absolute Gasteiger partial charge is 0.451 e. The third kappa shape index (κ3) is 3.27. The molecule has 0 N–H and O–H groups in total. The Morgan fingerprint density at radius 2 is 1.92 bits per heavy atom. The molecule has 5 nitrogen and oxygen atoms in total. The lowest BCUT2D eigenvalue weighted by molar-refractivity contribution is 0.0434. The number of rotatable bonds is 4. The SMILES string of the molecule is O=C(OCc1nc2ccccc2o1)c1csc(-c2ccc(F)cc2)n1. The summed E-state index contributed by atoms with van der Waals surface area (Å²) in [7, 11) is 0. The lowest BCUT2D eigenvalue weighted by Crippen LogP contribution is -2.05. The number of benzene rings is 2. The molecule has 4 rings (SSSR count). The molecule has 0 saturated heterocycles. The van der Waals surface area contributed by atoms with Gasteiger partial charge in [0.2, 0.25) is 5.89 Å². The van der Waals surface area contributed by atoms with Crippen LogP contribution in [0.2, 0.25) is 0 Å². The number of nitrogens with zero attached hydrogens (tertiary/aromatic N) is 2. The summed E-state index contributed by atoms with van der Waals surface area (Å²) in [6.45, 7) is -0.0725. The molecule has 2 aromatic carbocycles. The van der Waals surface area contributed by atoms with Crippen LogP contribution >= 0.6 is 11.3 Å². The third-order valence-corrected chi connectivity index (χ3v) is 4.36. The minimum Gasteiger partial charge on any atom is -0.451 e. The first-order valence-corrected chi connectivity index (χ1v) is 8.30. The monoisotopic (exact) mass is 354 g/mol. The highest BCUT2D eigenvalue weighted by molar-refractivity contribution is 7.13. The number of para-hydroxylation sites is 2. The van der Waals surface area contributed by atoms with E-state index in [2.05, 4.69) is 9.97 Å². The van der Waals surface area contributed by atoms with Gasteiger partial charge in [0, 0.05) is 10.9 Å². The lowest BCUT2D eigenvalue weighted by atomic mass is 10.2. The van der Waals surface area contributed by atoms with E-state index in [-0.39, 0.29) is 18.1 Å². The van der Waals surface area contributed by atoms with Gasteiger partial charge >= 0.3 is 5.97 Å². The van der Waals surface area contributed by atoms with Crippen molar-refractivity contribution < 1.29 is 18.3 Å². The Morgan fingerprint density at radius 1 is 1.12 bits per heavy atom. The Bertz CT molecular complexity index is 1010. The topological polar surface area (TPSA) is 65.2 Å². The van der Waals surface area contributed by atoms with Gasteiger partial charge < -0.3 is 9.15 Å². The van der Waals surface area contributed by atoms with Gasteiger partial charge in [-0.2, -0.15) is 0 Å². The maximum Gasteiger partial charge on any atom is 0.358 e. The second-order valence-electron chi connectivity index (χ2n) is 5.20. The van der Waals surface area contributed by atoms with Crippen molar-refractivity contribution in [3.8, 4) is 10.6 Å². The molecule has 4 aromatic rings. The quantitative estimate of drug-likeness (QED) is 0.507. The van der Waals surface area contributed by atoms with Gasteiger partial charge in [0.05, 0.1) is 0 Å². The summed E-state index contributed by atoms with van der Waals surface area (Å²) in [4.78, 5) is 20.6. The summed E-state index contributed by atoms with van der Waals surface area (Å²) in [5.74, 6) is -0.561. The van der Waals surface area contributed by atoms with Gasteiger partial charge in [-0.3, -0.25) is 0 Å². The smallest absolute Gasteiger partial charge is 0.358 e. The molecule has 0 amide bonds. The van der Waals surface area contributed by atoms with Crippen LogP contribution in [-0.4, -0.2) is 15.9 Å². The van der Waals surface area contributed by atoms with Gasteiger partial charge in [0.25, 0.3) is 0 Å². The molecule has 0 radical (unpaired) electrons. The van der Waals surface area contributed by atoms with E-state index < -0.39 is 5.97 Å².